The van der Waals surface area contributed by atoms with Crippen LogP contribution in [0.3, 0.4) is 0 Å². The summed E-state index contributed by atoms with van der Waals surface area (Å²) in [5.74, 6) is 0. The van der Waals surface area contributed by atoms with Gasteiger partial charge in [0.15, 0.2) is 0 Å². The van der Waals surface area contributed by atoms with Crippen LogP contribution in [0.4, 0.5) is 0 Å². The quantitative estimate of drug-likeness (QED) is 0.920. The van der Waals surface area contributed by atoms with Crippen LogP contribution < -0.4 is 0 Å². The van der Waals surface area contributed by atoms with Crippen LogP contribution in [-0.2, 0) is 6.61 Å². The largest absolute Gasteiger partial charge is 0.390 e. The number of rotatable bonds is 2. The van der Waals surface area contributed by atoms with Gasteiger partial charge in [-0.05, 0) is 28.1 Å². The molecule has 0 atom stereocenters. The van der Waals surface area contributed by atoms with Crippen LogP contribution in [0.2, 0.25) is 10.0 Å². The molecule has 0 saturated heterocycles. The van der Waals surface area contributed by atoms with Crippen molar-refractivity contribution in [3.8, 4) is 5.69 Å². The molecule has 0 fully saturated rings. The zero-order valence-electron chi connectivity index (χ0n) is 7.99. The van der Waals surface area contributed by atoms with Crippen molar-refractivity contribution in [3.05, 3.63) is 44.6 Å². The lowest BCUT2D eigenvalue weighted by Gasteiger charge is -2.04. The second-order valence-electron chi connectivity index (χ2n) is 3.10. The molecule has 0 unspecified atom stereocenters. The van der Waals surface area contributed by atoms with Gasteiger partial charge in [-0.3, -0.25) is 0 Å². The third-order valence-corrected chi connectivity index (χ3v) is 3.54. The Balaban J connectivity index is 2.54. The van der Waals surface area contributed by atoms with Crippen LogP contribution >= 0.6 is 39.1 Å². The number of hydrogen-bond donors (Lipinski definition) is 1. The predicted molar refractivity (Wildman–Crippen MR) is 67.2 cm³/mol. The number of hydrogen-bond acceptors (Lipinski definition) is 2. The first-order valence-electron chi connectivity index (χ1n) is 4.42. The molecule has 2 aromatic rings. The molecule has 0 aliphatic carbocycles. The Kier molecular flexibility index (Phi) is 3.54. The molecule has 3 nitrogen and oxygen atoms in total. The smallest absolute Gasteiger partial charge is 0.102 e. The second-order valence-corrected chi connectivity index (χ2v) is 4.74. The van der Waals surface area contributed by atoms with Gasteiger partial charge in [0.2, 0.25) is 0 Å². The fourth-order valence-electron chi connectivity index (χ4n) is 1.29. The molecule has 1 N–H and O–H groups in total. The Morgan fingerprint density at radius 1 is 1.38 bits per heavy atom. The Morgan fingerprint density at radius 2 is 2.12 bits per heavy atom. The highest BCUT2D eigenvalue weighted by Crippen LogP contribution is 2.29. The first-order valence-corrected chi connectivity index (χ1v) is 5.97. The Morgan fingerprint density at radius 3 is 2.75 bits per heavy atom. The Labute approximate surface area is 111 Å². The van der Waals surface area contributed by atoms with E-state index in [0.717, 1.165) is 4.47 Å². The lowest BCUT2D eigenvalue weighted by atomic mass is 10.3. The number of benzene rings is 1. The molecular weight excluding hydrogens is 315 g/mol. The van der Waals surface area contributed by atoms with E-state index in [1.807, 2.05) is 0 Å². The van der Waals surface area contributed by atoms with E-state index in [0.29, 0.717) is 21.4 Å². The molecule has 0 aliphatic rings. The van der Waals surface area contributed by atoms with Crippen molar-refractivity contribution in [1.82, 2.24) is 9.78 Å². The summed E-state index contributed by atoms with van der Waals surface area (Å²) in [6, 6.07) is 5.30. The summed E-state index contributed by atoms with van der Waals surface area (Å²) in [6.45, 7) is -0.133. The summed E-state index contributed by atoms with van der Waals surface area (Å²) < 4.78 is 2.30. The monoisotopic (exact) mass is 320 g/mol. The second kappa shape index (κ2) is 4.75. The number of nitrogens with zero attached hydrogens (tertiary/aromatic N) is 2. The zero-order chi connectivity index (χ0) is 11.7. The summed E-state index contributed by atoms with van der Waals surface area (Å²) in [5.41, 5.74) is 1.23. The molecule has 1 heterocycles. The van der Waals surface area contributed by atoms with Crippen LogP contribution in [0, 0.1) is 0 Å². The average Bonchev–Trinajstić information content (AvgIpc) is 2.63. The van der Waals surface area contributed by atoms with Gasteiger partial charge in [0.05, 0.1) is 26.8 Å². The van der Waals surface area contributed by atoms with Gasteiger partial charge in [-0.15, -0.1) is 0 Å². The van der Waals surface area contributed by atoms with Crippen LogP contribution in [0.15, 0.2) is 28.9 Å². The van der Waals surface area contributed by atoms with Gasteiger partial charge in [-0.25, -0.2) is 4.68 Å². The topological polar surface area (TPSA) is 38.1 Å². The molecule has 0 radical (unpaired) electrons. The van der Waals surface area contributed by atoms with E-state index in [9.17, 15) is 0 Å². The first-order chi connectivity index (χ1) is 7.63. The molecule has 0 spiro atoms. The summed E-state index contributed by atoms with van der Waals surface area (Å²) in [4.78, 5) is 0. The van der Waals surface area contributed by atoms with Crippen LogP contribution in [-0.4, -0.2) is 14.9 Å². The van der Waals surface area contributed by atoms with E-state index in [-0.39, 0.29) is 6.61 Å². The minimum Gasteiger partial charge on any atom is -0.390 e. The summed E-state index contributed by atoms with van der Waals surface area (Å²) in [7, 11) is 0. The van der Waals surface area contributed by atoms with Gasteiger partial charge in [0, 0.05) is 6.20 Å². The van der Waals surface area contributed by atoms with Gasteiger partial charge in [0.25, 0.3) is 0 Å². The minimum absolute atomic E-state index is 0.133. The van der Waals surface area contributed by atoms with Crippen LogP contribution in [0.25, 0.3) is 5.69 Å². The van der Waals surface area contributed by atoms with Gasteiger partial charge in [0.1, 0.15) is 5.69 Å². The van der Waals surface area contributed by atoms with E-state index in [1.165, 1.54) is 0 Å². The van der Waals surface area contributed by atoms with E-state index in [1.54, 1.807) is 29.1 Å². The lowest BCUT2D eigenvalue weighted by Crippen LogP contribution is -1.97. The normalized spacial score (nSPS) is 10.8. The number of aliphatic hydroxyl groups is 1. The number of halogens is 3. The van der Waals surface area contributed by atoms with Crippen LogP contribution in [0.5, 0.6) is 0 Å². The van der Waals surface area contributed by atoms with Crippen molar-refractivity contribution in [1.29, 1.82) is 0 Å². The molecule has 84 valence electrons. The summed E-state index contributed by atoms with van der Waals surface area (Å²) >= 11 is 15.3. The maximum absolute atomic E-state index is 9.04. The minimum atomic E-state index is -0.133. The summed E-state index contributed by atoms with van der Waals surface area (Å²) in [6.07, 6.45) is 1.73. The molecular formula is C10H7BrCl2N2O. The first kappa shape index (κ1) is 11.9. The van der Waals surface area contributed by atoms with Crippen molar-refractivity contribution >= 4 is 39.1 Å². The molecule has 1 aromatic heterocycles. The van der Waals surface area contributed by atoms with E-state index in [4.69, 9.17) is 28.3 Å². The van der Waals surface area contributed by atoms with Gasteiger partial charge >= 0.3 is 0 Å². The Hall–Kier alpha value is -0.550. The maximum Gasteiger partial charge on any atom is 0.102 e. The zero-order valence-corrected chi connectivity index (χ0v) is 11.1. The number of aromatic nitrogens is 2. The standard InChI is InChI=1S/C10H7BrCl2N2O/c11-6-4-15(14-8(6)5-16)9-3-1-2-7(12)10(9)13/h1-4,16H,5H2. The van der Waals surface area contributed by atoms with Crippen molar-refractivity contribution in [2.24, 2.45) is 0 Å². The van der Waals surface area contributed by atoms with E-state index >= 15 is 0 Å². The molecule has 2 rings (SSSR count). The third-order valence-electron chi connectivity index (χ3n) is 2.07. The van der Waals surface area contributed by atoms with E-state index in [2.05, 4.69) is 21.0 Å². The lowest BCUT2D eigenvalue weighted by molar-refractivity contribution is 0.275. The highest BCUT2D eigenvalue weighted by Gasteiger charge is 2.10. The molecule has 0 saturated carbocycles. The molecule has 0 aliphatic heterocycles. The van der Waals surface area contributed by atoms with Crippen molar-refractivity contribution in [3.63, 3.8) is 0 Å². The van der Waals surface area contributed by atoms with Gasteiger partial charge in [-0.2, -0.15) is 5.10 Å². The fourth-order valence-corrected chi connectivity index (χ4v) is 2.07. The third kappa shape index (κ3) is 2.11. The fraction of sp³-hybridized carbons (Fsp3) is 0.100. The van der Waals surface area contributed by atoms with Gasteiger partial charge in [-0.1, -0.05) is 29.3 Å². The van der Waals surface area contributed by atoms with Gasteiger partial charge < -0.3 is 5.11 Å². The van der Waals surface area contributed by atoms with Crippen LogP contribution in [0.1, 0.15) is 5.69 Å². The van der Waals surface area contributed by atoms with Crippen molar-refractivity contribution < 1.29 is 5.11 Å². The predicted octanol–water partition coefficient (Wildman–Crippen LogP) is 3.43. The maximum atomic E-state index is 9.04. The molecule has 1 aromatic carbocycles. The van der Waals surface area contributed by atoms with E-state index < -0.39 is 0 Å². The molecule has 0 bridgehead atoms. The molecule has 16 heavy (non-hydrogen) atoms. The highest BCUT2D eigenvalue weighted by atomic mass is 79.9. The number of aliphatic hydroxyl groups excluding tert-OH is 1. The van der Waals surface area contributed by atoms with Crippen molar-refractivity contribution in [2.45, 2.75) is 6.61 Å². The SMILES string of the molecule is OCc1nn(-c2cccc(Cl)c2Cl)cc1Br. The van der Waals surface area contributed by atoms with Crippen molar-refractivity contribution in [2.75, 3.05) is 0 Å². The average molecular weight is 322 g/mol. The molecule has 6 heteroatoms. The highest BCUT2D eigenvalue weighted by molar-refractivity contribution is 9.10. The molecule has 0 amide bonds. The Bertz CT molecular complexity index is 528. The summed E-state index contributed by atoms with van der Waals surface area (Å²) in [5, 5.41) is 14.1.